The number of primary amides is 1. The molecule has 0 saturated carbocycles. The van der Waals surface area contributed by atoms with Gasteiger partial charge in [0.2, 0.25) is 17.8 Å². The van der Waals surface area contributed by atoms with Crippen molar-refractivity contribution in [1.82, 2.24) is 24.8 Å². The highest BCUT2D eigenvalue weighted by atomic mass is 19.4. The summed E-state index contributed by atoms with van der Waals surface area (Å²) in [6.07, 6.45) is -3.96. The zero-order valence-corrected chi connectivity index (χ0v) is 23.7. The van der Waals surface area contributed by atoms with Crippen molar-refractivity contribution in [3.05, 3.63) is 70.5 Å². The van der Waals surface area contributed by atoms with E-state index in [9.17, 15) is 27.6 Å². The predicted molar refractivity (Wildman–Crippen MR) is 152 cm³/mol. The van der Waals surface area contributed by atoms with Crippen molar-refractivity contribution in [3.8, 4) is 5.75 Å². The molecule has 0 spiro atoms. The van der Waals surface area contributed by atoms with Crippen molar-refractivity contribution in [2.24, 2.45) is 5.73 Å². The summed E-state index contributed by atoms with van der Waals surface area (Å²) in [4.78, 5) is 41.9. The zero-order valence-electron chi connectivity index (χ0n) is 23.7. The van der Waals surface area contributed by atoms with E-state index in [1.54, 1.807) is 17.7 Å². The Labute approximate surface area is 244 Å². The van der Waals surface area contributed by atoms with Crippen LogP contribution in [0.2, 0.25) is 0 Å². The van der Waals surface area contributed by atoms with Crippen molar-refractivity contribution >= 4 is 34.7 Å². The molecule has 0 aliphatic carbocycles. The van der Waals surface area contributed by atoms with Gasteiger partial charge in [-0.1, -0.05) is 12.1 Å². The van der Waals surface area contributed by atoms with Crippen molar-refractivity contribution in [2.75, 3.05) is 24.4 Å². The number of anilines is 1. The van der Waals surface area contributed by atoms with Crippen LogP contribution in [-0.4, -0.2) is 50.8 Å². The first-order valence-electron chi connectivity index (χ1n) is 13.3. The van der Waals surface area contributed by atoms with Crippen LogP contribution in [0.5, 0.6) is 5.75 Å². The summed E-state index contributed by atoms with van der Waals surface area (Å²) in [6, 6.07) is 9.15. The number of carbonyl (C=O) groups is 3. The van der Waals surface area contributed by atoms with Crippen LogP contribution < -0.4 is 26.5 Å². The number of nitrogens with two attached hydrogens (primary N) is 1. The second-order valence-electron chi connectivity index (χ2n) is 9.61. The summed E-state index contributed by atoms with van der Waals surface area (Å²) < 4.78 is 46.8. The number of benzene rings is 2. The highest BCUT2D eigenvalue weighted by Crippen LogP contribution is 2.30. The van der Waals surface area contributed by atoms with Gasteiger partial charge < -0.3 is 21.2 Å². The van der Waals surface area contributed by atoms with Gasteiger partial charge in [0.15, 0.2) is 0 Å². The third kappa shape index (κ3) is 7.23. The van der Waals surface area contributed by atoms with Gasteiger partial charge >= 0.3 is 6.18 Å². The first-order chi connectivity index (χ1) is 20.4. The minimum Gasteiger partial charge on any atom is -0.494 e. The number of carbonyl (C=O) groups excluding carboxylic acids is 3. The van der Waals surface area contributed by atoms with Crippen LogP contribution in [0, 0.1) is 6.92 Å². The fraction of sp³-hybridized carbons (Fsp3) is 0.321. The van der Waals surface area contributed by atoms with Gasteiger partial charge in [-0.3, -0.25) is 24.4 Å². The molecular formula is C28H31F3N8O4. The maximum Gasteiger partial charge on any atom is 0.416 e. The highest BCUT2D eigenvalue weighted by Gasteiger charge is 2.30. The molecule has 0 radical (unpaired) electrons. The van der Waals surface area contributed by atoms with E-state index in [1.165, 1.54) is 36.1 Å². The van der Waals surface area contributed by atoms with Gasteiger partial charge in [0.1, 0.15) is 17.0 Å². The Balaban J connectivity index is 1.47. The van der Waals surface area contributed by atoms with E-state index >= 15 is 0 Å². The highest BCUT2D eigenvalue weighted by molar-refractivity contribution is 6.04. The number of hydrogen-bond acceptors (Lipinski definition) is 7. The SMILES string of the molecule is CCn1nc(C)cc1C(=O)Nc1nc2cc(C(N)=O)cc(OC)c2n1NCCCC(=O)NCc1ccc(C(F)(F)F)cc1. The molecule has 0 aliphatic rings. The molecule has 228 valence electrons. The van der Waals surface area contributed by atoms with Crippen LogP contribution in [0.3, 0.4) is 0 Å². The van der Waals surface area contributed by atoms with E-state index < -0.39 is 23.6 Å². The molecule has 0 aliphatic heterocycles. The Hall–Kier alpha value is -5.08. The molecule has 0 atom stereocenters. The third-order valence-electron chi connectivity index (χ3n) is 6.50. The molecule has 0 fully saturated rings. The van der Waals surface area contributed by atoms with E-state index in [0.29, 0.717) is 41.0 Å². The topological polar surface area (TPSA) is 158 Å². The molecule has 5 N–H and O–H groups in total. The molecule has 0 bridgehead atoms. The Morgan fingerprint density at radius 2 is 1.81 bits per heavy atom. The van der Waals surface area contributed by atoms with Crippen LogP contribution >= 0.6 is 0 Å². The summed E-state index contributed by atoms with van der Waals surface area (Å²) in [5, 5.41) is 9.76. The van der Waals surface area contributed by atoms with Gasteiger partial charge in [-0.2, -0.15) is 18.3 Å². The number of nitrogens with zero attached hydrogens (tertiary/aromatic N) is 4. The Kier molecular flexibility index (Phi) is 9.21. The van der Waals surface area contributed by atoms with Crippen LogP contribution in [0.1, 0.15) is 57.4 Å². The minimum absolute atomic E-state index is 0.0833. The fourth-order valence-corrected chi connectivity index (χ4v) is 4.38. The molecule has 12 nitrogen and oxygen atoms in total. The van der Waals surface area contributed by atoms with Crippen molar-refractivity contribution in [3.63, 3.8) is 0 Å². The number of ether oxygens (including phenoxy) is 1. The Morgan fingerprint density at radius 1 is 1.09 bits per heavy atom. The molecular weight excluding hydrogens is 569 g/mol. The Bertz CT molecular complexity index is 1640. The lowest BCUT2D eigenvalue weighted by Gasteiger charge is -2.14. The monoisotopic (exact) mass is 600 g/mol. The molecule has 0 saturated heterocycles. The van der Waals surface area contributed by atoms with E-state index in [-0.39, 0.29) is 42.7 Å². The lowest BCUT2D eigenvalue weighted by atomic mass is 10.1. The molecule has 4 aromatic rings. The van der Waals surface area contributed by atoms with E-state index in [2.05, 4.69) is 26.1 Å². The maximum absolute atomic E-state index is 13.2. The number of nitrogens with one attached hydrogen (secondary N) is 3. The second kappa shape index (κ2) is 12.8. The molecule has 3 amide bonds. The molecule has 0 unspecified atom stereocenters. The molecule has 2 heterocycles. The van der Waals surface area contributed by atoms with Crippen LogP contribution in [0.15, 0.2) is 42.5 Å². The number of alkyl halides is 3. The van der Waals surface area contributed by atoms with Crippen LogP contribution in [-0.2, 0) is 24.1 Å². The number of hydrogen-bond donors (Lipinski definition) is 4. The van der Waals surface area contributed by atoms with Crippen LogP contribution in [0.4, 0.5) is 19.1 Å². The number of methoxy groups -OCH3 is 1. The molecule has 4 rings (SSSR count). The first kappa shape index (κ1) is 30.9. The van der Waals surface area contributed by atoms with Gasteiger partial charge in [0.25, 0.3) is 5.91 Å². The minimum atomic E-state index is -4.43. The van der Waals surface area contributed by atoms with E-state index in [0.717, 1.165) is 12.1 Å². The maximum atomic E-state index is 13.2. The molecule has 15 heteroatoms. The molecule has 43 heavy (non-hydrogen) atoms. The molecule has 2 aromatic heterocycles. The lowest BCUT2D eigenvalue weighted by molar-refractivity contribution is -0.137. The average Bonchev–Trinajstić information content (AvgIpc) is 3.52. The Morgan fingerprint density at radius 3 is 2.44 bits per heavy atom. The van der Waals surface area contributed by atoms with Gasteiger partial charge in [0, 0.05) is 31.6 Å². The standard InChI is InChI=1S/C28H31F3N8O4/c1-4-38-21(12-16(2)37-38)26(42)36-27-35-20-13-18(25(32)41)14-22(43-3)24(20)39(27)34-11-5-6-23(40)33-15-17-7-9-19(10-8-17)28(29,30)31/h7-10,12-14,34H,4-6,11,15H2,1-3H3,(H2,32,41)(H,33,40)(H,35,36,42). The van der Waals surface area contributed by atoms with Crippen molar-refractivity contribution in [1.29, 1.82) is 0 Å². The summed E-state index contributed by atoms with van der Waals surface area (Å²) in [6.45, 7) is 4.45. The smallest absolute Gasteiger partial charge is 0.416 e. The quantitative estimate of drug-likeness (QED) is 0.181. The van der Waals surface area contributed by atoms with Gasteiger partial charge in [-0.15, -0.1) is 0 Å². The van der Waals surface area contributed by atoms with Crippen molar-refractivity contribution < 1.29 is 32.3 Å². The number of imidazole rings is 1. The average molecular weight is 601 g/mol. The number of aryl methyl sites for hydroxylation is 2. The van der Waals surface area contributed by atoms with Gasteiger partial charge in [0.05, 0.1) is 23.9 Å². The van der Waals surface area contributed by atoms with Gasteiger partial charge in [-0.05, 0) is 56.2 Å². The summed E-state index contributed by atoms with van der Waals surface area (Å²) in [5.74, 6) is -1.06. The first-order valence-corrected chi connectivity index (χ1v) is 13.3. The summed E-state index contributed by atoms with van der Waals surface area (Å²) >= 11 is 0. The fourth-order valence-electron chi connectivity index (χ4n) is 4.38. The van der Waals surface area contributed by atoms with Gasteiger partial charge in [-0.25, -0.2) is 9.66 Å². The van der Waals surface area contributed by atoms with E-state index in [4.69, 9.17) is 10.5 Å². The summed E-state index contributed by atoms with van der Waals surface area (Å²) in [5.41, 5.74) is 10.3. The number of halogens is 3. The van der Waals surface area contributed by atoms with E-state index in [1.807, 2.05) is 6.92 Å². The van der Waals surface area contributed by atoms with Crippen molar-refractivity contribution in [2.45, 2.75) is 46.0 Å². The predicted octanol–water partition coefficient (Wildman–Crippen LogP) is 3.58. The number of fused-ring (bicyclic) bond motifs is 1. The normalized spacial score (nSPS) is 11.4. The largest absolute Gasteiger partial charge is 0.494 e. The summed E-state index contributed by atoms with van der Waals surface area (Å²) in [7, 11) is 1.42. The third-order valence-corrected chi connectivity index (χ3v) is 6.50. The second-order valence-corrected chi connectivity index (χ2v) is 9.61. The number of rotatable bonds is 12. The lowest BCUT2D eigenvalue weighted by Crippen LogP contribution is -2.26. The molecule has 2 aromatic carbocycles. The number of aromatic nitrogens is 4. The van der Waals surface area contributed by atoms with Crippen LogP contribution in [0.25, 0.3) is 11.0 Å². The number of amides is 3. The zero-order chi connectivity index (χ0) is 31.3.